The summed E-state index contributed by atoms with van der Waals surface area (Å²) in [5.74, 6) is 1.12. The van der Waals surface area contributed by atoms with Gasteiger partial charge in [0.15, 0.2) is 0 Å². The van der Waals surface area contributed by atoms with Crippen molar-refractivity contribution in [1.82, 2.24) is 9.97 Å². The van der Waals surface area contributed by atoms with E-state index in [0.717, 1.165) is 5.56 Å². The molecule has 0 fully saturated rings. The molecule has 1 aromatic heterocycles. The Hall–Kier alpha value is -3.21. The van der Waals surface area contributed by atoms with Crippen molar-refractivity contribution in [3.63, 3.8) is 0 Å². The topological polar surface area (TPSA) is 64.1 Å². The lowest BCUT2D eigenvalue weighted by atomic mass is 9.97. The third kappa shape index (κ3) is 4.88. The van der Waals surface area contributed by atoms with Crippen molar-refractivity contribution in [2.45, 2.75) is 19.3 Å². The van der Waals surface area contributed by atoms with Crippen LogP contribution >= 0.6 is 0 Å². The molecule has 0 spiro atoms. The zero-order valence-corrected chi connectivity index (χ0v) is 13.9. The molecule has 3 rings (SSSR count). The molecule has 1 atom stereocenters. The van der Waals surface area contributed by atoms with E-state index in [2.05, 4.69) is 15.3 Å². The van der Waals surface area contributed by atoms with Gasteiger partial charge in [-0.25, -0.2) is 4.98 Å². The molecule has 1 amide bonds. The first-order valence-corrected chi connectivity index (χ1v) is 8.09. The van der Waals surface area contributed by atoms with Gasteiger partial charge in [0.1, 0.15) is 5.75 Å². The normalized spacial score (nSPS) is 11.6. The van der Waals surface area contributed by atoms with Gasteiger partial charge in [-0.1, -0.05) is 43.3 Å². The molecule has 0 aliphatic carbocycles. The molecule has 0 radical (unpaired) electrons. The molecule has 0 aliphatic rings. The maximum Gasteiger partial charge on any atom is 0.237 e. The van der Waals surface area contributed by atoms with E-state index in [1.54, 1.807) is 24.5 Å². The molecule has 0 saturated heterocycles. The van der Waals surface area contributed by atoms with Crippen LogP contribution in [0.15, 0.2) is 73.2 Å². The Kier molecular flexibility index (Phi) is 5.36. The van der Waals surface area contributed by atoms with E-state index in [-0.39, 0.29) is 11.8 Å². The highest BCUT2D eigenvalue weighted by molar-refractivity contribution is 5.91. The first kappa shape index (κ1) is 16.6. The predicted octanol–water partition coefficient (Wildman–Crippen LogP) is 4.40. The third-order valence-corrected chi connectivity index (χ3v) is 3.74. The van der Waals surface area contributed by atoms with Crippen LogP contribution in [0, 0.1) is 0 Å². The lowest BCUT2D eigenvalue weighted by Gasteiger charge is -2.12. The second-order valence-corrected chi connectivity index (χ2v) is 5.74. The van der Waals surface area contributed by atoms with Crippen molar-refractivity contribution in [2.75, 3.05) is 5.32 Å². The van der Waals surface area contributed by atoms with E-state index in [1.165, 1.54) is 6.20 Å². The van der Waals surface area contributed by atoms with Crippen molar-refractivity contribution in [1.29, 1.82) is 0 Å². The van der Waals surface area contributed by atoms with Crippen molar-refractivity contribution in [2.24, 2.45) is 0 Å². The van der Waals surface area contributed by atoms with Crippen molar-refractivity contribution < 1.29 is 9.53 Å². The van der Waals surface area contributed by atoms with Crippen LogP contribution in [-0.2, 0) is 4.79 Å². The van der Waals surface area contributed by atoms with E-state index in [9.17, 15) is 4.79 Å². The van der Waals surface area contributed by atoms with Gasteiger partial charge >= 0.3 is 0 Å². The molecule has 1 heterocycles. The summed E-state index contributed by atoms with van der Waals surface area (Å²) in [5, 5.41) is 2.91. The number of nitrogens with one attached hydrogen (secondary N) is 1. The Morgan fingerprint density at radius 2 is 1.96 bits per heavy atom. The fraction of sp³-hybridized carbons (Fsp3) is 0.150. The molecule has 5 heteroatoms. The highest BCUT2D eigenvalue weighted by atomic mass is 16.5. The van der Waals surface area contributed by atoms with Crippen molar-refractivity contribution >= 4 is 11.6 Å². The predicted molar refractivity (Wildman–Crippen MR) is 96.7 cm³/mol. The minimum absolute atomic E-state index is 0.0343. The lowest BCUT2D eigenvalue weighted by molar-refractivity contribution is -0.116. The van der Waals surface area contributed by atoms with Gasteiger partial charge in [0.2, 0.25) is 11.8 Å². The average molecular weight is 333 g/mol. The number of nitrogens with zero attached hydrogens (tertiary/aromatic N) is 2. The number of amides is 1. The third-order valence-electron chi connectivity index (χ3n) is 3.74. The van der Waals surface area contributed by atoms with Crippen LogP contribution in [0.1, 0.15) is 24.8 Å². The highest BCUT2D eigenvalue weighted by Crippen LogP contribution is 2.23. The molecule has 2 aromatic carbocycles. The summed E-state index contributed by atoms with van der Waals surface area (Å²) in [5.41, 5.74) is 1.84. The monoisotopic (exact) mass is 333 g/mol. The van der Waals surface area contributed by atoms with Gasteiger partial charge in [-0.05, 0) is 23.6 Å². The molecule has 5 nitrogen and oxygen atoms in total. The number of rotatable bonds is 6. The zero-order valence-electron chi connectivity index (χ0n) is 13.9. The smallest absolute Gasteiger partial charge is 0.237 e. The van der Waals surface area contributed by atoms with Crippen LogP contribution in [0.5, 0.6) is 11.6 Å². The van der Waals surface area contributed by atoms with E-state index < -0.39 is 0 Å². The Balaban J connectivity index is 1.61. The van der Waals surface area contributed by atoms with E-state index in [1.807, 2.05) is 49.4 Å². The van der Waals surface area contributed by atoms with Crippen molar-refractivity contribution in [3.05, 3.63) is 78.8 Å². The Morgan fingerprint density at radius 1 is 1.12 bits per heavy atom. The molecule has 1 unspecified atom stereocenters. The van der Waals surface area contributed by atoms with E-state index in [4.69, 9.17) is 4.74 Å². The molecule has 0 saturated carbocycles. The van der Waals surface area contributed by atoms with Gasteiger partial charge in [-0.3, -0.25) is 9.78 Å². The van der Waals surface area contributed by atoms with Crippen LogP contribution in [0.25, 0.3) is 0 Å². The number of carbonyl (C=O) groups excluding carboxylic acids is 1. The highest BCUT2D eigenvalue weighted by Gasteiger charge is 2.11. The van der Waals surface area contributed by atoms with Crippen LogP contribution in [-0.4, -0.2) is 15.9 Å². The van der Waals surface area contributed by atoms with Crippen LogP contribution < -0.4 is 10.1 Å². The first-order valence-electron chi connectivity index (χ1n) is 8.09. The van der Waals surface area contributed by atoms with Gasteiger partial charge in [-0.2, -0.15) is 0 Å². The number of aromatic nitrogens is 2. The summed E-state index contributed by atoms with van der Waals surface area (Å²) in [7, 11) is 0. The number of ether oxygens (including phenoxy) is 1. The summed E-state index contributed by atoms with van der Waals surface area (Å²) < 4.78 is 5.63. The van der Waals surface area contributed by atoms with Gasteiger partial charge in [-0.15, -0.1) is 0 Å². The SMILES string of the molecule is CC(CC(=O)Nc1cccc(Oc2cnccn2)c1)c1ccccc1. The summed E-state index contributed by atoms with van der Waals surface area (Å²) in [6.45, 7) is 2.04. The van der Waals surface area contributed by atoms with E-state index in [0.29, 0.717) is 23.7 Å². The minimum Gasteiger partial charge on any atom is -0.437 e. The quantitative estimate of drug-likeness (QED) is 0.726. The van der Waals surface area contributed by atoms with Gasteiger partial charge < -0.3 is 10.1 Å². The Labute approximate surface area is 146 Å². The number of anilines is 1. The van der Waals surface area contributed by atoms with E-state index >= 15 is 0 Å². The maximum absolute atomic E-state index is 12.3. The lowest BCUT2D eigenvalue weighted by Crippen LogP contribution is -2.14. The number of hydrogen-bond donors (Lipinski definition) is 1. The van der Waals surface area contributed by atoms with Crippen LogP contribution in [0.4, 0.5) is 5.69 Å². The fourth-order valence-electron chi connectivity index (χ4n) is 2.49. The number of hydrogen-bond acceptors (Lipinski definition) is 4. The molecular formula is C20H19N3O2. The first-order chi connectivity index (χ1) is 12.2. The molecule has 0 bridgehead atoms. The summed E-state index contributed by atoms with van der Waals surface area (Å²) in [6.07, 6.45) is 5.09. The Bertz CT molecular complexity index is 823. The summed E-state index contributed by atoms with van der Waals surface area (Å²) in [4.78, 5) is 20.3. The summed E-state index contributed by atoms with van der Waals surface area (Å²) in [6, 6.07) is 17.2. The number of benzene rings is 2. The number of carbonyl (C=O) groups is 1. The molecule has 126 valence electrons. The van der Waals surface area contributed by atoms with Crippen LogP contribution in [0.2, 0.25) is 0 Å². The second kappa shape index (κ2) is 8.06. The largest absolute Gasteiger partial charge is 0.437 e. The molecular weight excluding hydrogens is 314 g/mol. The molecule has 3 aromatic rings. The standard InChI is InChI=1S/C20H19N3O2/c1-15(16-6-3-2-4-7-16)12-19(24)23-17-8-5-9-18(13-17)25-20-14-21-10-11-22-20/h2-11,13-15H,12H2,1H3,(H,23,24). The van der Waals surface area contributed by atoms with Gasteiger partial charge in [0.25, 0.3) is 0 Å². The van der Waals surface area contributed by atoms with Gasteiger partial charge in [0, 0.05) is 30.6 Å². The molecule has 25 heavy (non-hydrogen) atoms. The van der Waals surface area contributed by atoms with Gasteiger partial charge in [0.05, 0.1) is 6.20 Å². The average Bonchev–Trinajstić information content (AvgIpc) is 2.63. The van der Waals surface area contributed by atoms with Crippen molar-refractivity contribution in [3.8, 4) is 11.6 Å². The molecule has 0 aliphatic heterocycles. The minimum atomic E-state index is -0.0343. The Morgan fingerprint density at radius 3 is 2.72 bits per heavy atom. The fourth-order valence-corrected chi connectivity index (χ4v) is 2.49. The van der Waals surface area contributed by atoms with Crippen LogP contribution in [0.3, 0.4) is 0 Å². The molecule has 1 N–H and O–H groups in total. The maximum atomic E-state index is 12.3. The zero-order chi connectivity index (χ0) is 17.5. The summed E-state index contributed by atoms with van der Waals surface area (Å²) >= 11 is 0. The second-order valence-electron chi connectivity index (χ2n) is 5.74.